The third-order valence-corrected chi connectivity index (χ3v) is 10.3. The van der Waals surface area contributed by atoms with E-state index >= 15 is 0 Å². The highest BCUT2D eigenvalue weighted by atomic mass is 16.3. The van der Waals surface area contributed by atoms with Crippen LogP contribution in [0.2, 0.25) is 0 Å². The van der Waals surface area contributed by atoms with Crippen molar-refractivity contribution in [2.45, 2.75) is 0 Å². The lowest BCUT2D eigenvalue weighted by atomic mass is 9.92. The molecule has 0 aliphatic heterocycles. The number of benzene rings is 8. The molecule has 3 nitrogen and oxygen atoms in total. The van der Waals surface area contributed by atoms with Crippen molar-refractivity contribution < 1.29 is 4.42 Å². The first kappa shape index (κ1) is 32.3. The first-order chi connectivity index (χ1) is 27.2. The Bertz CT molecular complexity index is 2970. The van der Waals surface area contributed by atoms with Gasteiger partial charge in [-0.2, -0.15) is 0 Å². The van der Waals surface area contributed by atoms with E-state index in [4.69, 9.17) is 14.4 Å². The van der Waals surface area contributed by atoms with E-state index in [-0.39, 0.29) is 0 Å². The molecular formula is C52H34N2O. The fraction of sp³-hybridized carbons (Fsp3) is 0. The summed E-state index contributed by atoms with van der Waals surface area (Å²) >= 11 is 0. The molecule has 0 radical (unpaired) electrons. The van der Waals surface area contributed by atoms with Crippen LogP contribution in [0.5, 0.6) is 0 Å². The molecule has 0 saturated carbocycles. The second-order valence-electron chi connectivity index (χ2n) is 13.8. The van der Waals surface area contributed by atoms with Crippen molar-refractivity contribution in [2.24, 2.45) is 0 Å². The molecule has 2 aromatic heterocycles. The molecular weight excluding hydrogens is 669 g/mol. The topological polar surface area (TPSA) is 38.9 Å². The minimum atomic E-state index is 0.651. The van der Waals surface area contributed by atoms with Gasteiger partial charge >= 0.3 is 0 Å². The summed E-state index contributed by atoms with van der Waals surface area (Å²) in [5, 5.41) is 2.02. The predicted molar refractivity (Wildman–Crippen MR) is 227 cm³/mol. The summed E-state index contributed by atoms with van der Waals surface area (Å²) in [4.78, 5) is 10.5. The highest BCUT2D eigenvalue weighted by Gasteiger charge is 2.19. The maximum atomic E-state index is 6.52. The van der Waals surface area contributed by atoms with E-state index in [1.807, 2.05) is 24.3 Å². The number of hydrogen-bond donors (Lipinski definition) is 0. The second-order valence-corrected chi connectivity index (χ2v) is 13.8. The Morgan fingerprint density at radius 2 is 0.764 bits per heavy atom. The highest BCUT2D eigenvalue weighted by Crippen LogP contribution is 2.41. The van der Waals surface area contributed by atoms with Crippen LogP contribution >= 0.6 is 0 Å². The Hall–Kier alpha value is -7.36. The zero-order valence-corrected chi connectivity index (χ0v) is 29.9. The molecule has 2 heterocycles. The lowest BCUT2D eigenvalue weighted by Crippen LogP contribution is -1.96. The molecule has 0 aliphatic rings. The van der Waals surface area contributed by atoms with Crippen molar-refractivity contribution in [1.82, 2.24) is 9.97 Å². The molecule has 0 unspecified atom stereocenters. The van der Waals surface area contributed by atoms with Gasteiger partial charge < -0.3 is 4.42 Å². The average Bonchev–Trinajstić information content (AvgIpc) is 3.65. The normalized spacial score (nSPS) is 11.3. The van der Waals surface area contributed by atoms with E-state index in [2.05, 4.69) is 182 Å². The van der Waals surface area contributed by atoms with E-state index in [1.54, 1.807) is 0 Å². The Labute approximate surface area is 319 Å². The largest absolute Gasteiger partial charge is 0.456 e. The first-order valence-electron chi connectivity index (χ1n) is 18.6. The van der Waals surface area contributed by atoms with Gasteiger partial charge in [-0.25, -0.2) is 9.97 Å². The van der Waals surface area contributed by atoms with Crippen molar-refractivity contribution >= 4 is 21.9 Å². The Morgan fingerprint density at radius 1 is 0.291 bits per heavy atom. The van der Waals surface area contributed by atoms with Gasteiger partial charge in [0, 0.05) is 27.5 Å². The van der Waals surface area contributed by atoms with Crippen LogP contribution in [0, 0.1) is 0 Å². The SMILES string of the molecule is c1ccc(-c2cccc(-c3cc(-c4ccccc4)nc(-c4cccc5oc6ccc(-c7ccccc7-c7cccc(-c8ccccc8)c7)cc6c45)n3)c2)cc1. The van der Waals surface area contributed by atoms with Gasteiger partial charge in [0.15, 0.2) is 5.82 Å². The molecule has 10 rings (SSSR count). The maximum Gasteiger partial charge on any atom is 0.161 e. The van der Waals surface area contributed by atoms with Crippen LogP contribution in [0.15, 0.2) is 211 Å². The monoisotopic (exact) mass is 702 g/mol. The third kappa shape index (κ3) is 6.18. The summed E-state index contributed by atoms with van der Waals surface area (Å²) in [5.41, 5.74) is 15.7. The number of rotatable bonds is 7. The van der Waals surface area contributed by atoms with Gasteiger partial charge in [-0.1, -0.05) is 170 Å². The van der Waals surface area contributed by atoms with E-state index in [0.717, 1.165) is 72.3 Å². The van der Waals surface area contributed by atoms with Gasteiger partial charge in [0.2, 0.25) is 0 Å². The van der Waals surface area contributed by atoms with E-state index in [0.29, 0.717) is 5.82 Å². The summed E-state index contributed by atoms with van der Waals surface area (Å²) in [5.74, 6) is 0.651. The van der Waals surface area contributed by atoms with Gasteiger partial charge in [-0.3, -0.25) is 0 Å². The molecule has 258 valence electrons. The molecule has 0 amide bonds. The van der Waals surface area contributed by atoms with Crippen LogP contribution < -0.4 is 0 Å². The molecule has 0 bridgehead atoms. The second kappa shape index (κ2) is 13.9. The summed E-state index contributed by atoms with van der Waals surface area (Å²) < 4.78 is 6.52. The molecule has 10 aromatic rings. The van der Waals surface area contributed by atoms with Crippen LogP contribution in [0.1, 0.15) is 0 Å². The number of fused-ring (bicyclic) bond motifs is 3. The molecule has 0 N–H and O–H groups in total. The van der Waals surface area contributed by atoms with Crippen molar-refractivity contribution in [2.75, 3.05) is 0 Å². The minimum Gasteiger partial charge on any atom is -0.456 e. The van der Waals surface area contributed by atoms with Crippen LogP contribution in [-0.4, -0.2) is 9.97 Å². The first-order valence-corrected chi connectivity index (χ1v) is 18.6. The zero-order valence-electron chi connectivity index (χ0n) is 29.9. The number of nitrogens with zero attached hydrogens (tertiary/aromatic N) is 2. The average molecular weight is 703 g/mol. The molecule has 0 saturated heterocycles. The smallest absolute Gasteiger partial charge is 0.161 e. The predicted octanol–water partition coefficient (Wildman–Crippen LogP) is 14.0. The molecule has 0 fully saturated rings. The van der Waals surface area contributed by atoms with Gasteiger partial charge in [0.05, 0.1) is 11.4 Å². The summed E-state index contributed by atoms with van der Waals surface area (Å²) in [6, 6.07) is 72.1. The van der Waals surface area contributed by atoms with Crippen LogP contribution in [0.3, 0.4) is 0 Å². The van der Waals surface area contributed by atoms with Crippen molar-refractivity contribution in [3.8, 4) is 78.4 Å². The van der Waals surface area contributed by atoms with Crippen LogP contribution in [-0.2, 0) is 0 Å². The molecule has 3 heteroatoms. The van der Waals surface area contributed by atoms with Gasteiger partial charge in [0.1, 0.15) is 11.2 Å². The maximum absolute atomic E-state index is 6.52. The quantitative estimate of drug-likeness (QED) is 0.166. The zero-order chi connectivity index (χ0) is 36.6. The van der Waals surface area contributed by atoms with Crippen molar-refractivity contribution in [1.29, 1.82) is 0 Å². The van der Waals surface area contributed by atoms with E-state index in [1.165, 1.54) is 22.3 Å². The number of furan rings is 1. The van der Waals surface area contributed by atoms with Gasteiger partial charge in [-0.15, -0.1) is 0 Å². The molecule has 0 atom stereocenters. The lowest BCUT2D eigenvalue weighted by Gasteiger charge is -2.12. The fourth-order valence-corrected chi connectivity index (χ4v) is 7.63. The summed E-state index contributed by atoms with van der Waals surface area (Å²) in [6.07, 6.45) is 0. The number of hydrogen-bond acceptors (Lipinski definition) is 3. The van der Waals surface area contributed by atoms with Crippen LogP contribution in [0.4, 0.5) is 0 Å². The highest BCUT2D eigenvalue weighted by molar-refractivity contribution is 6.13. The fourth-order valence-electron chi connectivity index (χ4n) is 7.63. The minimum absolute atomic E-state index is 0.651. The summed E-state index contributed by atoms with van der Waals surface area (Å²) in [6.45, 7) is 0. The van der Waals surface area contributed by atoms with Gasteiger partial charge in [-0.05, 0) is 80.9 Å². The van der Waals surface area contributed by atoms with Crippen LogP contribution in [0.25, 0.3) is 100 Å². The van der Waals surface area contributed by atoms with Gasteiger partial charge in [0.25, 0.3) is 0 Å². The standard InChI is InChI=1S/C52H34N2O/c1-4-15-35(16-5-1)38-21-12-23-40(31-38)43-25-10-11-26-44(43)41-29-30-49-46(33-41)51-45(27-14-28-50(51)55-49)52-53-47(37-19-8-3-9-20-37)34-48(54-52)42-24-13-22-39(32-42)36-17-6-2-7-18-36/h1-34H. The lowest BCUT2D eigenvalue weighted by molar-refractivity contribution is 0.669. The Morgan fingerprint density at radius 3 is 1.42 bits per heavy atom. The summed E-state index contributed by atoms with van der Waals surface area (Å²) in [7, 11) is 0. The number of aromatic nitrogens is 2. The van der Waals surface area contributed by atoms with Crippen molar-refractivity contribution in [3.63, 3.8) is 0 Å². The van der Waals surface area contributed by atoms with E-state index in [9.17, 15) is 0 Å². The van der Waals surface area contributed by atoms with E-state index < -0.39 is 0 Å². The Balaban J connectivity index is 1.13. The third-order valence-electron chi connectivity index (χ3n) is 10.3. The molecule has 55 heavy (non-hydrogen) atoms. The Kier molecular flexibility index (Phi) is 8.16. The molecule has 0 aliphatic carbocycles. The molecule has 0 spiro atoms. The van der Waals surface area contributed by atoms with Crippen molar-refractivity contribution in [3.05, 3.63) is 206 Å². The molecule has 8 aromatic carbocycles.